The van der Waals surface area contributed by atoms with Crippen molar-refractivity contribution in [2.45, 2.75) is 24.9 Å². The number of hydrogen-bond donors (Lipinski definition) is 2. The van der Waals surface area contributed by atoms with E-state index < -0.39 is 16.2 Å². The maximum Gasteiger partial charge on any atom is 0.264 e. The van der Waals surface area contributed by atoms with Crippen LogP contribution in [0.3, 0.4) is 0 Å². The molecular formula is C14H20BrNO4S. The number of aliphatic hydroxyl groups is 1. The Labute approximate surface area is 133 Å². The largest absolute Gasteiger partial charge is 0.391 e. The highest BCUT2D eigenvalue weighted by molar-refractivity contribution is 9.10. The summed E-state index contributed by atoms with van der Waals surface area (Å²) >= 11 is 3.40. The smallest absolute Gasteiger partial charge is 0.264 e. The minimum absolute atomic E-state index is 0.121. The van der Waals surface area contributed by atoms with Crippen LogP contribution in [0, 0.1) is 0 Å². The van der Waals surface area contributed by atoms with Crippen LogP contribution in [0.15, 0.2) is 28.7 Å². The highest BCUT2D eigenvalue weighted by atomic mass is 79.9. The average Bonchev–Trinajstić information content (AvgIpc) is 2.39. The van der Waals surface area contributed by atoms with Gasteiger partial charge < -0.3 is 10.0 Å². The molecule has 1 aromatic carbocycles. The van der Waals surface area contributed by atoms with Gasteiger partial charge in [-0.25, -0.2) is 0 Å². The van der Waals surface area contributed by atoms with Gasteiger partial charge in [0.25, 0.3) is 10.1 Å². The minimum Gasteiger partial charge on any atom is -0.391 e. The van der Waals surface area contributed by atoms with Gasteiger partial charge in [0.15, 0.2) is 0 Å². The molecule has 2 atom stereocenters. The van der Waals surface area contributed by atoms with Crippen molar-refractivity contribution in [1.29, 1.82) is 0 Å². The summed E-state index contributed by atoms with van der Waals surface area (Å²) in [7, 11) is -3.89. The molecule has 0 aliphatic carbocycles. The second kappa shape index (κ2) is 7.19. The van der Waals surface area contributed by atoms with E-state index in [1.165, 1.54) is 0 Å². The molecule has 21 heavy (non-hydrogen) atoms. The molecule has 1 saturated heterocycles. The fraction of sp³-hybridized carbons (Fsp3) is 0.571. The Bertz CT molecular complexity index is 561. The third-order valence-corrected chi connectivity index (χ3v) is 5.17. The molecule has 1 heterocycles. The Hall–Kier alpha value is -0.470. The molecule has 2 N–H and O–H groups in total. The maximum absolute atomic E-state index is 10.7. The van der Waals surface area contributed by atoms with Gasteiger partial charge in [-0.1, -0.05) is 28.1 Å². The minimum atomic E-state index is -3.89. The van der Waals surface area contributed by atoms with Crippen LogP contribution in [0.25, 0.3) is 0 Å². The molecule has 0 radical (unpaired) electrons. The molecule has 1 aliphatic rings. The number of aliphatic hydroxyl groups excluding tert-OH is 1. The summed E-state index contributed by atoms with van der Waals surface area (Å²) in [6.45, 7) is 1.93. The summed E-state index contributed by atoms with van der Waals surface area (Å²) in [5.41, 5.74) is 1.13. The first-order valence-electron chi connectivity index (χ1n) is 6.96. The zero-order chi connectivity index (χ0) is 15.5. The normalized spacial score (nSPS) is 24.1. The molecule has 1 aliphatic heterocycles. The molecule has 2 unspecified atom stereocenters. The SMILES string of the molecule is O=S(=O)(O)CCCN1CCC(c2ccc(Br)cc2)C(O)C1. The van der Waals surface area contributed by atoms with Crippen molar-refractivity contribution in [2.75, 3.05) is 25.4 Å². The number of β-amino-alcohol motifs (C(OH)–C–C–N with tert-alkyl or cyclic N) is 1. The number of likely N-dealkylation sites (tertiary alicyclic amines) is 1. The van der Waals surface area contributed by atoms with Gasteiger partial charge >= 0.3 is 0 Å². The standard InChI is InChI=1S/C14H20BrNO4S/c15-12-4-2-11(3-5-12)13-6-8-16(10-14(13)17)7-1-9-21(18,19)20/h2-5,13-14,17H,1,6-10H2,(H,18,19,20). The fourth-order valence-corrected chi connectivity index (χ4v) is 3.53. The Kier molecular flexibility index (Phi) is 5.79. The van der Waals surface area contributed by atoms with Crippen molar-refractivity contribution in [3.05, 3.63) is 34.3 Å². The van der Waals surface area contributed by atoms with E-state index in [0.717, 1.165) is 23.0 Å². The molecule has 0 aromatic heterocycles. The molecule has 0 amide bonds. The molecule has 7 heteroatoms. The van der Waals surface area contributed by atoms with E-state index in [9.17, 15) is 13.5 Å². The lowest BCUT2D eigenvalue weighted by atomic mass is 9.87. The summed E-state index contributed by atoms with van der Waals surface area (Å²) in [5, 5.41) is 10.3. The van der Waals surface area contributed by atoms with Crippen molar-refractivity contribution in [1.82, 2.24) is 4.90 Å². The second-order valence-electron chi connectivity index (χ2n) is 5.45. The molecule has 118 valence electrons. The predicted molar refractivity (Wildman–Crippen MR) is 85.0 cm³/mol. The first kappa shape index (κ1) is 16.9. The van der Waals surface area contributed by atoms with E-state index in [4.69, 9.17) is 4.55 Å². The van der Waals surface area contributed by atoms with Gasteiger partial charge in [0, 0.05) is 16.9 Å². The van der Waals surface area contributed by atoms with Crippen LogP contribution >= 0.6 is 15.9 Å². The molecule has 1 fully saturated rings. The molecule has 5 nitrogen and oxygen atoms in total. The average molecular weight is 378 g/mol. The predicted octanol–water partition coefficient (Wildman–Crippen LogP) is 1.88. The van der Waals surface area contributed by atoms with E-state index in [1.54, 1.807) is 0 Å². The van der Waals surface area contributed by atoms with Crippen LogP contribution in [0.1, 0.15) is 24.3 Å². The lowest BCUT2D eigenvalue weighted by Crippen LogP contribution is -2.43. The van der Waals surface area contributed by atoms with Crippen molar-refractivity contribution < 1.29 is 18.1 Å². The number of halogens is 1. The summed E-state index contributed by atoms with van der Waals surface area (Å²) in [6.07, 6.45) is 0.772. The summed E-state index contributed by atoms with van der Waals surface area (Å²) < 4.78 is 31.1. The Balaban J connectivity index is 1.86. The Morgan fingerprint density at radius 2 is 1.95 bits per heavy atom. The molecule has 0 spiro atoms. The molecule has 0 saturated carbocycles. The highest BCUT2D eigenvalue weighted by Gasteiger charge is 2.28. The van der Waals surface area contributed by atoms with Crippen LogP contribution in [-0.4, -0.2) is 54.5 Å². The first-order chi connectivity index (χ1) is 9.85. The van der Waals surface area contributed by atoms with Crippen LogP contribution in [0.5, 0.6) is 0 Å². The fourth-order valence-electron chi connectivity index (χ4n) is 2.77. The van der Waals surface area contributed by atoms with Crippen molar-refractivity contribution in [3.63, 3.8) is 0 Å². The monoisotopic (exact) mass is 377 g/mol. The zero-order valence-corrected chi connectivity index (χ0v) is 14.1. The van der Waals surface area contributed by atoms with Gasteiger partial charge in [-0.3, -0.25) is 4.55 Å². The highest BCUT2D eigenvalue weighted by Crippen LogP contribution is 2.29. The lowest BCUT2D eigenvalue weighted by Gasteiger charge is -2.36. The van der Waals surface area contributed by atoms with E-state index in [2.05, 4.69) is 15.9 Å². The van der Waals surface area contributed by atoms with Crippen LogP contribution in [-0.2, 0) is 10.1 Å². The number of benzene rings is 1. The topological polar surface area (TPSA) is 77.8 Å². The van der Waals surface area contributed by atoms with Gasteiger partial charge in [-0.2, -0.15) is 8.42 Å². The van der Waals surface area contributed by atoms with Gasteiger partial charge in [0.2, 0.25) is 0 Å². The Morgan fingerprint density at radius 1 is 1.29 bits per heavy atom. The van der Waals surface area contributed by atoms with Crippen LogP contribution in [0.4, 0.5) is 0 Å². The van der Waals surface area contributed by atoms with Gasteiger partial charge in [0.05, 0.1) is 11.9 Å². The summed E-state index contributed by atoms with van der Waals surface area (Å²) in [6, 6.07) is 7.99. The van der Waals surface area contributed by atoms with E-state index >= 15 is 0 Å². The zero-order valence-electron chi connectivity index (χ0n) is 11.7. The van der Waals surface area contributed by atoms with Crippen molar-refractivity contribution in [2.24, 2.45) is 0 Å². The summed E-state index contributed by atoms with van der Waals surface area (Å²) in [5.74, 6) is -0.105. The molecular weight excluding hydrogens is 358 g/mol. The molecule has 0 bridgehead atoms. The van der Waals surface area contributed by atoms with Gasteiger partial charge in [0.1, 0.15) is 0 Å². The lowest BCUT2D eigenvalue weighted by molar-refractivity contribution is 0.0515. The molecule has 2 rings (SSSR count). The van der Waals surface area contributed by atoms with E-state index in [1.807, 2.05) is 29.2 Å². The quantitative estimate of drug-likeness (QED) is 0.765. The first-order valence-corrected chi connectivity index (χ1v) is 9.36. The van der Waals surface area contributed by atoms with Crippen LogP contribution < -0.4 is 0 Å². The van der Waals surface area contributed by atoms with Gasteiger partial charge in [-0.15, -0.1) is 0 Å². The van der Waals surface area contributed by atoms with E-state index in [-0.39, 0.29) is 11.7 Å². The van der Waals surface area contributed by atoms with Gasteiger partial charge in [-0.05, 0) is 43.6 Å². The second-order valence-corrected chi connectivity index (χ2v) is 7.94. The van der Waals surface area contributed by atoms with Crippen molar-refractivity contribution in [3.8, 4) is 0 Å². The number of hydrogen-bond acceptors (Lipinski definition) is 4. The maximum atomic E-state index is 10.7. The number of nitrogens with zero attached hydrogens (tertiary/aromatic N) is 1. The van der Waals surface area contributed by atoms with E-state index in [0.29, 0.717) is 19.5 Å². The number of rotatable bonds is 5. The Morgan fingerprint density at radius 3 is 2.52 bits per heavy atom. The third-order valence-electron chi connectivity index (χ3n) is 3.84. The van der Waals surface area contributed by atoms with Crippen LogP contribution in [0.2, 0.25) is 0 Å². The third kappa shape index (κ3) is 5.34. The summed E-state index contributed by atoms with van der Waals surface area (Å²) in [4.78, 5) is 2.05. The molecule has 1 aromatic rings. The van der Waals surface area contributed by atoms with Crippen molar-refractivity contribution >= 4 is 26.0 Å². The number of piperidine rings is 1.